The lowest BCUT2D eigenvalue weighted by atomic mass is 9.73. The van der Waals surface area contributed by atoms with Crippen LogP contribution in [0.1, 0.15) is 55.8 Å². The molecule has 2 atom stereocenters. The van der Waals surface area contributed by atoms with E-state index >= 15 is 0 Å². The monoisotopic (exact) mass is 336 g/mol. The Morgan fingerprint density at radius 2 is 2.04 bits per heavy atom. The number of ether oxygens (including phenoxy) is 1. The van der Waals surface area contributed by atoms with Gasteiger partial charge in [0.1, 0.15) is 5.69 Å². The molecule has 3 saturated carbocycles. The lowest BCUT2D eigenvalue weighted by Gasteiger charge is -2.45. The van der Waals surface area contributed by atoms with Crippen molar-refractivity contribution in [1.29, 1.82) is 0 Å². The van der Waals surface area contributed by atoms with E-state index in [0.29, 0.717) is 11.8 Å². The molecule has 0 unspecified atom stereocenters. The van der Waals surface area contributed by atoms with Gasteiger partial charge >= 0.3 is 0 Å². The smallest absolute Gasteiger partial charge is 0.100 e. The molecule has 1 aromatic carbocycles. The standard InChI is InChI=1S/C20H24N4O/c1-2-5-16(6-3-1)24-18(14-7-8-14)17(22-23-24)12-21-20-11-15(20)13-25-19(20)9-4-10-19/h1-3,5-6,14-15,21H,4,7-13H2/t15-,20+/m0/s1. The number of aromatic nitrogens is 3. The van der Waals surface area contributed by atoms with Crippen LogP contribution in [0.2, 0.25) is 0 Å². The molecular weight excluding hydrogens is 312 g/mol. The Labute approximate surface area is 147 Å². The van der Waals surface area contributed by atoms with Gasteiger partial charge in [0, 0.05) is 18.4 Å². The second-order valence-electron chi connectivity index (χ2n) is 8.33. The number of nitrogens with zero attached hydrogens (tertiary/aromatic N) is 3. The van der Waals surface area contributed by atoms with Gasteiger partial charge in [0.05, 0.1) is 29.1 Å². The number of nitrogens with one attached hydrogen (secondary N) is 1. The van der Waals surface area contributed by atoms with Crippen LogP contribution in [0.5, 0.6) is 0 Å². The normalized spacial score (nSPS) is 31.8. The minimum atomic E-state index is 0.132. The summed E-state index contributed by atoms with van der Waals surface area (Å²) >= 11 is 0. The van der Waals surface area contributed by atoms with Crippen molar-refractivity contribution in [2.45, 2.75) is 62.1 Å². The molecule has 130 valence electrons. The topological polar surface area (TPSA) is 52.0 Å². The quantitative estimate of drug-likeness (QED) is 0.912. The van der Waals surface area contributed by atoms with Crippen molar-refractivity contribution in [2.75, 3.05) is 6.61 Å². The molecule has 1 aromatic heterocycles. The maximum absolute atomic E-state index is 6.19. The molecule has 5 heteroatoms. The first-order valence-electron chi connectivity index (χ1n) is 9.70. The van der Waals surface area contributed by atoms with Gasteiger partial charge in [0.2, 0.25) is 0 Å². The van der Waals surface area contributed by atoms with Gasteiger partial charge in [0.15, 0.2) is 0 Å². The molecule has 0 amide bonds. The van der Waals surface area contributed by atoms with E-state index in [4.69, 9.17) is 4.74 Å². The van der Waals surface area contributed by atoms with Gasteiger partial charge in [0.25, 0.3) is 0 Å². The van der Waals surface area contributed by atoms with Gasteiger partial charge < -0.3 is 10.1 Å². The third-order valence-corrected chi connectivity index (χ3v) is 6.96. The summed E-state index contributed by atoms with van der Waals surface area (Å²) < 4.78 is 8.25. The van der Waals surface area contributed by atoms with Crippen LogP contribution in [0.4, 0.5) is 0 Å². The van der Waals surface area contributed by atoms with Crippen molar-refractivity contribution in [2.24, 2.45) is 5.92 Å². The zero-order valence-corrected chi connectivity index (χ0v) is 14.4. The van der Waals surface area contributed by atoms with Gasteiger partial charge in [-0.1, -0.05) is 23.4 Å². The maximum Gasteiger partial charge on any atom is 0.100 e. The molecule has 3 aliphatic carbocycles. The first-order valence-corrected chi connectivity index (χ1v) is 9.70. The van der Waals surface area contributed by atoms with Gasteiger partial charge in [-0.25, -0.2) is 4.68 Å². The number of benzene rings is 1. The van der Waals surface area contributed by atoms with Crippen molar-refractivity contribution in [1.82, 2.24) is 20.3 Å². The average molecular weight is 336 g/mol. The molecule has 0 radical (unpaired) electrons. The summed E-state index contributed by atoms with van der Waals surface area (Å²) in [6.07, 6.45) is 7.56. The highest BCUT2D eigenvalue weighted by Crippen LogP contribution is 2.64. The number of hydrogen-bond donors (Lipinski definition) is 1. The Balaban J connectivity index is 1.29. The highest BCUT2D eigenvalue weighted by atomic mass is 16.5. The second-order valence-corrected chi connectivity index (χ2v) is 8.33. The van der Waals surface area contributed by atoms with Crippen LogP contribution in [-0.2, 0) is 11.3 Å². The Morgan fingerprint density at radius 1 is 1.20 bits per heavy atom. The zero-order valence-electron chi connectivity index (χ0n) is 14.4. The molecular formula is C20H24N4O. The minimum Gasteiger partial charge on any atom is -0.373 e. The van der Waals surface area contributed by atoms with E-state index in [1.54, 1.807) is 0 Å². The lowest BCUT2D eigenvalue weighted by molar-refractivity contribution is -0.0962. The SMILES string of the molecule is c1ccc(-n2nnc(CN[C@]34C[C@H]3COC43CCC3)c2C2CC2)cc1. The molecule has 2 aromatic rings. The zero-order chi connectivity index (χ0) is 16.5. The number of rotatable bonds is 5. The van der Waals surface area contributed by atoms with E-state index in [1.165, 1.54) is 44.2 Å². The van der Waals surface area contributed by atoms with Crippen LogP contribution >= 0.6 is 0 Å². The van der Waals surface area contributed by atoms with Crippen molar-refractivity contribution >= 4 is 0 Å². The average Bonchev–Trinajstić information content (AvgIpc) is 3.51. The Bertz CT molecular complexity index is 808. The van der Waals surface area contributed by atoms with Crippen LogP contribution in [0.25, 0.3) is 5.69 Å². The van der Waals surface area contributed by atoms with Crippen LogP contribution in [0, 0.1) is 5.92 Å². The van der Waals surface area contributed by atoms with E-state index in [-0.39, 0.29) is 11.1 Å². The summed E-state index contributed by atoms with van der Waals surface area (Å²) in [6.45, 7) is 1.76. The number of fused-ring (bicyclic) bond motifs is 2. The van der Waals surface area contributed by atoms with Crippen LogP contribution in [0.3, 0.4) is 0 Å². The molecule has 0 bridgehead atoms. The molecule has 1 aliphatic heterocycles. The first-order chi connectivity index (χ1) is 12.3. The largest absolute Gasteiger partial charge is 0.373 e. The summed E-state index contributed by atoms with van der Waals surface area (Å²) in [5.74, 6) is 1.33. The van der Waals surface area contributed by atoms with E-state index in [2.05, 4.69) is 44.6 Å². The summed E-state index contributed by atoms with van der Waals surface area (Å²) in [4.78, 5) is 0. The fraction of sp³-hybridized carbons (Fsp3) is 0.600. The van der Waals surface area contributed by atoms with Crippen molar-refractivity contribution in [3.63, 3.8) is 0 Å². The highest BCUT2D eigenvalue weighted by molar-refractivity contribution is 5.36. The van der Waals surface area contributed by atoms with Gasteiger partial charge in [-0.15, -0.1) is 5.10 Å². The number of hydrogen-bond acceptors (Lipinski definition) is 4. The minimum absolute atomic E-state index is 0.132. The molecule has 6 rings (SSSR count). The molecule has 2 heterocycles. The highest BCUT2D eigenvalue weighted by Gasteiger charge is 2.73. The van der Waals surface area contributed by atoms with Crippen LogP contribution in [0.15, 0.2) is 30.3 Å². The Morgan fingerprint density at radius 3 is 2.72 bits per heavy atom. The van der Waals surface area contributed by atoms with Crippen molar-refractivity contribution in [3.05, 3.63) is 41.7 Å². The molecule has 5 nitrogen and oxygen atoms in total. The second kappa shape index (κ2) is 4.92. The van der Waals surface area contributed by atoms with Gasteiger partial charge in [-0.2, -0.15) is 0 Å². The van der Waals surface area contributed by atoms with E-state index < -0.39 is 0 Å². The fourth-order valence-electron chi connectivity index (χ4n) is 5.16. The summed E-state index contributed by atoms with van der Waals surface area (Å²) in [5.41, 5.74) is 3.92. The summed E-state index contributed by atoms with van der Waals surface area (Å²) in [6, 6.07) is 10.4. The van der Waals surface area contributed by atoms with Crippen molar-refractivity contribution in [3.8, 4) is 5.69 Å². The molecule has 1 N–H and O–H groups in total. The molecule has 4 fully saturated rings. The van der Waals surface area contributed by atoms with E-state index in [9.17, 15) is 0 Å². The molecule has 1 spiro atoms. The molecule has 25 heavy (non-hydrogen) atoms. The predicted molar refractivity (Wildman–Crippen MR) is 93.5 cm³/mol. The molecule has 1 saturated heterocycles. The first kappa shape index (κ1) is 14.4. The summed E-state index contributed by atoms with van der Waals surface area (Å²) in [7, 11) is 0. The Kier molecular flexibility index (Phi) is 2.84. The van der Waals surface area contributed by atoms with Crippen LogP contribution in [-0.4, -0.2) is 32.7 Å². The van der Waals surface area contributed by atoms with Gasteiger partial charge in [-0.3, -0.25) is 0 Å². The predicted octanol–water partition coefficient (Wildman–Crippen LogP) is 2.95. The third kappa shape index (κ3) is 1.97. The third-order valence-electron chi connectivity index (χ3n) is 6.96. The van der Waals surface area contributed by atoms with Crippen molar-refractivity contribution < 1.29 is 4.74 Å². The lowest BCUT2D eigenvalue weighted by Crippen LogP contribution is -2.56. The van der Waals surface area contributed by atoms with Gasteiger partial charge in [-0.05, 0) is 50.7 Å². The Hall–Kier alpha value is -1.72. The van der Waals surface area contributed by atoms with E-state index in [1.807, 2.05) is 6.07 Å². The fourth-order valence-corrected chi connectivity index (χ4v) is 5.16. The molecule has 4 aliphatic rings. The number of para-hydroxylation sites is 1. The van der Waals surface area contributed by atoms with Crippen LogP contribution < -0.4 is 5.32 Å². The maximum atomic E-state index is 6.19. The van der Waals surface area contributed by atoms with E-state index in [0.717, 1.165) is 24.5 Å². The summed E-state index contributed by atoms with van der Waals surface area (Å²) in [5, 5.41) is 12.9.